The number of hydrogen-bond acceptors (Lipinski definition) is 2. The van der Waals surface area contributed by atoms with Gasteiger partial charge in [-0.3, -0.25) is 4.57 Å². The van der Waals surface area contributed by atoms with Gasteiger partial charge < -0.3 is 4.42 Å². The van der Waals surface area contributed by atoms with Crippen LogP contribution in [0.15, 0.2) is 21.3 Å². The van der Waals surface area contributed by atoms with E-state index >= 15 is 0 Å². The van der Waals surface area contributed by atoms with Crippen LogP contribution in [0.3, 0.4) is 0 Å². The van der Waals surface area contributed by atoms with E-state index in [0.717, 1.165) is 5.56 Å². The van der Waals surface area contributed by atoms with Crippen LogP contribution in [0.4, 0.5) is 4.39 Å². The van der Waals surface area contributed by atoms with Gasteiger partial charge in [0.25, 0.3) is 0 Å². The van der Waals surface area contributed by atoms with Crippen LogP contribution in [0.2, 0.25) is 0 Å². The molecule has 0 atom stereocenters. The molecule has 1 aromatic heterocycles. The van der Waals surface area contributed by atoms with Crippen LogP contribution in [0, 0.1) is 12.7 Å². The molecule has 2 aromatic rings. The van der Waals surface area contributed by atoms with Crippen LogP contribution >= 0.6 is 0 Å². The van der Waals surface area contributed by atoms with E-state index in [0.29, 0.717) is 5.52 Å². The fourth-order valence-electron chi connectivity index (χ4n) is 1.71. The van der Waals surface area contributed by atoms with Gasteiger partial charge in [0.1, 0.15) is 0 Å². The second-order valence-electron chi connectivity index (χ2n) is 3.93. The minimum atomic E-state index is -0.510. The molecule has 80 valence electrons. The molecule has 0 aliphatic carbocycles. The van der Waals surface area contributed by atoms with Crippen molar-refractivity contribution in [2.75, 3.05) is 0 Å². The number of fused-ring (bicyclic) bond motifs is 1. The molecule has 0 unspecified atom stereocenters. The predicted molar refractivity (Wildman–Crippen MR) is 55.6 cm³/mol. The monoisotopic (exact) mass is 209 g/mol. The van der Waals surface area contributed by atoms with E-state index in [9.17, 15) is 9.18 Å². The molecule has 1 aromatic carbocycles. The van der Waals surface area contributed by atoms with E-state index in [-0.39, 0.29) is 11.6 Å². The molecule has 0 saturated heterocycles. The normalized spacial score (nSPS) is 11.5. The number of hydrogen-bond donors (Lipinski definition) is 0. The highest BCUT2D eigenvalue weighted by atomic mass is 19.1. The minimum absolute atomic E-state index is 0.0410. The summed E-state index contributed by atoms with van der Waals surface area (Å²) in [6.45, 7) is 5.50. The van der Waals surface area contributed by atoms with Gasteiger partial charge in [0, 0.05) is 6.04 Å². The van der Waals surface area contributed by atoms with Crippen LogP contribution in [-0.2, 0) is 0 Å². The lowest BCUT2D eigenvalue weighted by molar-refractivity contribution is 0.468. The topological polar surface area (TPSA) is 35.1 Å². The molecule has 0 N–H and O–H groups in total. The van der Waals surface area contributed by atoms with Crippen molar-refractivity contribution < 1.29 is 8.81 Å². The Morgan fingerprint density at radius 3 is 2.67 bits per heavy atom. The molecular formula is C11H12FNO2. The maximum Gasteiger partial charge on any atom is 0.420 e. The molecule has 4 heteroatoms. The second kappa shape index (κ2) is 3.22. The molecule has 0 amide bonds. The summed E-state index contributed by atoms with van der Waals surface area (Å²) in [6.07, 6.45) is 0. The van der Waals surface area contributed by atoms with E-state index in [1.165, 1.54) is 10.6 Å². The van der Waals surface area contributed by atoms with Crippen molar-refractivity contribution >= 4 is 11.1 Å². The van der Waals surface area contributed by atoms with E-state index in [1.54, 1.807) is 13.0 Å². The Bertz CT molecular complexity index is 566. The lowest BCUT2D eigenvalue weighted by atomic mass is 10.2. The number of halogens is 1. The van der Waals surface area contributed by atoms with E-state index < -0.39 is 11.6 Å². The van der Waals surface area contributed by atoms with Gasteiger partial charge in [-0.25, -0.2) is 9.18 Å². The zero-order chi connectivity index (χ0) is 11.2. The Kier molecular flexibility index (Phi) is 2.14. The van der Waals surface area contributed by atoms with Gasteiger partial charge >= 0.3 is 5.76 Å². The maximum absolute atomic E-state index is 13.5. The zero-order valence-electron chi connectivity index (χ0n) is 8.87. The Hall–Kier alpha value is -1.58. The molecule has 0 bridgehead atoms. The number of oxazole rings is 1. The predicted octanol–water partition coefficient (Wildman–Crippen LogP) is 2.62. The first-order valence-electron chi connectivity index (χ1n) is 4.82. The van der Waals surface area contributed by atoms with Gasteiger partial charge in [0.05, 0.1) is 5.52 Å². The minimum Gasteiger partial charge on any atom is -0.405 e. The Labute approximate surface area is 86.1 Å². The molecule has 2 rings (SSSR count). The van der Waals surface area contributed by atoms with Gasteiger partial charge in [-0.15, -0.1) is 0 Å². The fourth-order valence-corrected chi connectivity index (χ4v) is 1.71. The first-order chi connectivity index (χ1) is 7.00. The number of rotatable bonds is 1. The molecule has 0 saturated carbocycles. The van der Waals surface area contributed by atoms with Crippen LogP contribution in [-0.4, -0.2) is 4.57 Å². The number of aromatic nitrogens is 1. The highest BCUT2D eigenvalue weighted by Gasteiger charge is 2.15. The van der Waals surface area contributed by atoms with Crippen LogP contribution in [0.1, 0.15) is 25.5 Å². The SMILES string of the molecule is Cc1cc(F)c2oc(=O)n(C(C)C)c2c1. The summed E-state index contributed by atoms with van der Waals surface area (Å²) in [5, 5.41) is 0. The summed E-state index contributed by atoms with van der Waals surface area (Å²) in [5.74, 6) is -0.994. The van der Waals surface area contributed by atoms with Gasteiger partial charge in [-0.1, -0.05) is 0 Å². The van der Waals surface area contributed by atoms with Crippen LogP contribution in [0.5, 0.6) is 0 Å². The standard InChI is InChI=1S/C11H12FNO2/c1-6(2)13-9-5-7(3)4-8(12)10(9)15-11(13)14/h4-6H,1-3H3. The van der Waals surface area contributed by atoms with Gasteiger partial charge in [0.15, 0.2) is 11.4 Å². The summed E-state index contributed by atoms with van der Waals surface area (Å²) in [5.41, 5.74) is 1.34. The molecule has 0 radical (unpaired) electrons. The van der Waals surface area contributed by atoms with Crippen molar-refractivity contribution in [3.05, 3.63) is 34.1 Å². The molecule has 15 heavy (non-hydrogen) atoms. The van der Waals surface area contributed by atoms with Crippen molar-refractivity contribution in [3.63, 3.8) is 0 Å². The highest BCUT2D eigenvalue weighted by Crippen LogP contribution is 2.21. The second-order valence-corrected chi connectivity index (χ2v) is 3.93. The third-order valence-electron chi connectivity index (χ3n) is 2.33. The van der Waals surface area contributed by atoms with Gasteiger partial charge in [-0.05, 0) is 38.5 Å². The maximum atomic E-state index is 13.5. The van der Waals surface area contributed by atoms with Crippen molar-refractivity contribution in [2.24, 2.45) is 0 Å². The van der Waals surface area contributed by atoms with E-state index in [1.807, 2.05) is 13.8 Å². The Morgan fingerprint density at radius 2 is 2.07 bits per heavy atom. The molecular weight excluding hydrogens is 197 g/mol. The summed E-state index contributed by atoms with van der Waals surface area (Å²) in [6, 6.07) is 3.07. The molecule has 1 heterocycles. The fraction of sp³-hybridized carbons (Fsp3) is 0.364. The van der Waals surface area contributed by atoms with Gasteiger partial charge in [0.2, 0.25) is 0 Å². The Morgan fingerprint density at radius 1 is 1.40 bits per heavy atom. The first-order valence-corrected chi connectivity index (χ1v) is 4.82. The number of benzene rings is 1. The van der Waals surface area contributed by atoms with Crippen molar-refractivity contribution in [1.82, 2.24) is 4.57 Å². The summed E-state index contributed by atoms with van der Waals surface area (Å²) in [4.78, 5) is 11.5. The summed E-state index contributed by atoms with van der Waals surface area (Å²) in [7, 11) is 0. The third-order valence-corrected chi connectivity index (χ3v) is 2.33. The average molecular weight is 209 g/mol. The molecule has 0 spiro atoms. The molecule has 0 aliphatic heterocycles. The summed E-state index contributed by atoms with van der Waals surface area (Å²) < 4.78 is 19.8. The van der Waals surface area contributed by atoms with E-state index in [4.69, 9.17) is 4.42 Å². The quantitative estimate of drug-likeness (QED) is 0.723. The Balaban J connectivity index is 2.93. The van der Waals surface area contributed by atoms with E-state index in [2.05, 4.69) is 0 Å². The lowest BCUT2D eigenvalue weighted by Gasteiger charge is -2.05. The molecule has 3 nitrogen and oxygen atoms in total. The van der Waals surface area contributed by atoms with Crippen molar-refractivity contribution in [3.8, 4) is 0 Å². The summed E-state index contributed by atoms with van der Waals surface area (Å²) >= 11 is 0. The third kappa shape index (κ3) is 1.46. The first kappa shape index (κ1) is 9.96. The van der Waals surface area contributed by atoms with Gasteiger partial charge in [-0.2, -0.15) is 0 Å². The van der Waals surface area contributed by atoms with Crippen molar-refractivity contribution in [2.45, 2.75) is 26.8 Å². The molecule has 0 fully saturated rings. The molecule has 0 aliphatic rings. The van der Waals surface area contributed by atoms with Crippen LogP contribution < -0.4 is 5.76 Å². The van der Waals surface area contributed by atoms with Crippen molar-refractivity contribution in [1.29, 1.82) is 0 Å². The largest absolute Gasteiger partial charge is 0.420 e. The lowest BCUT2D eigenvalue weighted by Crippen LogP contribution is -2.15. The number of nitrogens with zero attached hydrogens (tertiary/aromatic N) is 1. The smallest absolute Gasteiger partial charge is 0.405 e. The number of aryl methyl sites for hydroxylation is 1. The van der Waals surface area contributed by atoms with Crippen LogP contribution in [0.25, 0.3) is 11.1 Å². The highest BCUT2D eigenvalue weighted by molar-refractivity contribution is 5.74. The zero-order valence-corrected chi connectivity index (χ0v) is 8.87. The average Bonchev–Trinajstić information content (AvgIpc) is 2.41.